The third-order valence-corrected chi connectivity index (χ3v) is 4.45. The zero-order chi connectivity index (χ0) is 14.4. The number of carbonyl (C=O) groups is 2. The summed E-state index contributed by atoms with van der Waals surface area (Å²) in [5.41, 5.74) is 0.650. The molecular formula is C11H9NO6S. The van der Waals surface area contributed by atoms with Gasteiger partial charge in [0.25, 0.3) is 0 Å². The van der Waals surface area contributed by atoms with Crippen molar-refractivity contribution in [3.05, 3.63) is 33.3 Å². The molecule has 0 aromatic carbocycles. The minimum Gasteiger partial charge on any atom is -0.477 e. The zero-order valence-corrected chi connectivity index (χ0v) is 10.5. The van der Waals surface area contributed by atoms with Crippen molar-refractivity contribution in [3.63, 3.8) is 0 Å². The predicted octanol–water partition coefficient (Wildman–Crippen LogP) is 0.304. The van der Waals surface area contributed by atoms with Gasteiger partial charge in [0.15, 0.2) is 9.81 Å². The van der Waals surface area contributed by atoms with E-state index >= 15 is 0 Å². The second kappa shape index (κ2) is 4.09. The molecule has 7 nitrogen and oxygen atoms in total. The molecule has 1 aromatic rings. The van der Waals surface area contributed by atoms with Gasteiger partial charge in [-0.1, -0.05) is 0 Å². The largest absolute Gasteiger partial charge is 0.477 e. The van der Waals surface area contributed by atoms with Crippen molar-refractivity contribution >= 4 is 33.9 Å². The Morgan fingerprint density at radius 3 is 2.16 bits per heavy atom. The lowest BCUT2D eigenvalue weighted by molar-refractivity contribution is -0.132. The first-order valence-corrected chi connectivity index (χ1v) is 6.54. The van der Waals surface area contributed by atoms with Gasteiger partial charge < -0.3 is 14.8 Å². The Bertz CT molecular complexity index is 750. The summed E-state index contributed by atoms with van der Waals surface area (Å²) in [6.07, 6.45) is 3.49. The number of carboxylic acids is 2. The molecule has 0 amide bonds. The number of rotatable bonds is 2. The van der Waals surface area contributed by atoms with E-state index in [4.69, 9.17) is 10.2 Å². The van der Waals surface area contributed by atoms with E-state index in [-0.39, 0.29) is 0 Å². The molecule has 100 valence electrons. The van der Waals surface area contributed by atoms with Crippen molar-refractivity contribution < 1.29 is 28.2 Å². The molecule has 0 unspecified atom stereocenters. The van der Waals surface area contributed by atoms with Gasteiger partial charge in [0.05, 0.1) is 0 Å². The number of carboxylic acid groups (broad SMARTS) is 2. The van der Waals surface area contributed by atoms with Crippen molar-refractivity contribution in [2.24, 2.45) is 7.05 Å². The molecule has 2 N–H and O–H groups in total. The SMILES string of the molecule is Cn1ccc2c1C=C(C(=O)O)S(=O)(=O)C(C(=O)O)=C2. The van der Waals surface area contributed by atoms with Crippen LogP contribution in [0, 0.1) is 0 Å². The van der Waals surface area contributed by atoms with Crippen molar-refractivity contribution in [2.45, 2.75) is 0 Å². The number of hydrogen-bond acceptors (Lipinski definition) is 4. The van der Waals surface area contributed by atoms with E-state index < -0.39 is 31.6 Å². The highest BCUT2D eigenvalue weighted by molar-refractivity contribution is 8.01. The number of aliphatic carboxylic acids is 2. The molecule has 2 heterocycles. The molecule has 2 rings (SSSR count). The lowest BCUT2D eigenvalue weighted by Gasteiger charge is -2.03. The van der Waals surface area contributed by atoms with Gasteiger partial charge in [-0.3, -0.25) is 0 Å². The maximum absolute atomic E-state index is 12.0. The Hall–Kier alpha value is -2.35. The fourth-order valence-electron chi connectivity index (χ4n) is 1.76. The van der Waals surface area contributed by atoms with E-state index in [0.717, 1.165) is 12.2 Å². The van der Waals surface area contributed by atoms with E-state index in [1.165, 1.54) is 10.6 Å². The van der Waals surface area contributed by atoms with E-state index in [0.29, 0.717) is 11.3 Å². The second-order valence-electron chi connectivity index (χ2n) is 3.90. The predicted molar refractivity (Wildman–Crippen MR) is 65.6 cm³/mol. The third kappa shape index (κ3) is 1.95. The molecule has 0 spiro atoms. The standard InChI is InChI=1S/C11H9NO6S/c1-12-3-2-6-4-8(10(13)14)19(17,18)9(11(15)16)5-7(6)12/h2-5H,1H3,(H,13,14)(H,15,16). The summed E-state index contributed by atoms with van der Waals surface area (Å²) in [6.45, 7) is 0. The Morgan fingerprint density at radius 1 is 1.11 bits per heavy atom. The van der Waals surface area contributed by atoms with Crippen LogP contribution in [-0.4, -0.2) is 35.1 Å². The molecule has 1 aliphatic rings. The van der Waals surface area contributed by atoms with Gasteiger partial charge in [-0.15, -0.1) is 0 Å². The molecule has 0 saturated carbocycles. The zero-order valence-electron chi connectivity index (χ0n) is 9.69. The van der Waals surface area contributed by atoms with Crippen molar-refractivity contribution in [1.29, 1.82) is 0 Å². The summed E-state index contributed by atoms with van der Waals surface area (Å²) in [5, 5.41) is 17.9. The van der Waals surface area contributed by atoms with Crippen LogP contribution in [0.2, 0.25) is 0 Å². The van der Waals surface area contributed by atoms with Gasteiger partial charge in [0.2, 0.25) is 9.84 Å². The summed E-state index contributed by atoms with van der Waals surface area (Å²) in [5.74, 6) is -3.38. The van der Waals surface area contributed by atoms with Gasteiger partial charge in [-0.2, -0.15) is 0 Å². The molecule has 0 fully saturated rings. The molecule has 1 aromatic heterocycles. The van der Waals surface area contributed by atoms with Gasteiger partial charge in [-0.05, 0) is 18.2 Å². The van der Waals surface area contributed by atoms with Crippen LogP contribution in [0.3, 0.4) is 0 Å². The molecular weight excluding hydrogens is 274 g/mol. The maximum Gasteiger partial charge on any atom is 0.347 e. The maximum atomic E-state index is 12.0. The summed E-state index contributed by atoms with van der Waals surface area (Å²) in [6, 6.07) is 1.51. The molecule has 0 aliphatic carbocycles. The van der Waals surface area contributed by atoms with E-state index in [9.17, 15) is 18.0 Å². The second-order valence-corrected chi connectivity index (χ2v) is 5.78. The van der Waals surface area contributed by atoms with Crippen LogP contribution in [0.1, 0.15) is 11.3 Å². The number of sulfone groups is 1. The Kier molecular flexibility index (Phi) is 2.82. The molecule has 1 aliphatic heterocycles. The quantitative estimate of drug-likeness (QED) is 0.807. The molecule has 0 radical (unpaired) electrons. The average molecular weight is 283 g/mol. The number of aromatic nitrogens is 1. The van der Waals surface area contributed by atoms with Crippen LogP contribution in [0.4, 0.5) is 0 Å². The minimum absolute atomic E-state index is 0.317. The average Bonchev–Trinajstić information content (AvgIpc) is 2.55. The van der Waals surface area contributed by atoms with Crippen LogP contribution < -0.4 is 0 Å². The third-order valence-electron chi connectivity index (χ3n) is 2.71. The van der Waals surface area contributed by atoms with Crippen LogP contribution in [-0.2, 0) is 26.5 Å². The number of nitrogens with zero attached hydrogens (tertiary/aromatic N) is 1. The van der Waals surface area contributed by atoms with Crippen molar-refractivity contribution in [2.75, 3.05) is 0 Å². The highest BCUT2D eigenvalue weighted by Crippen LogP contribution is 2.29. The summed E-state index contributed by atoms with van der Waals surface area (Å²) >= 11 is 0. The Balaban J connectivity index is 2.89. The topological polar surface area (TPSA) is 114 Å². The Labute approximate surface area is 108 Å². The normalized spacial score (nSPS) is 16.9. The fraction of sp³-hybridized carbons (Fsp3) is 0.0909. The lowest BCUT2D eigenvalue weighted by Crippen LogP contribution is -2.18. The molecule has 0 atom stereocenters. The molecule has 19 heavy (non-hydrogen) atoms. The fourth-order valence-corrected chi connectivity index (χ4v) is 3.01. The smallest absolute Gasteiger partial charge is 0.347 e. The van der Waals surface area contributed by atoms with Crippen molar-refractivity contribution in [1.82, 2.24) is 4.57 Å². The van der Waals surface area contributed by atoms with Gasteiger partial charge in [0, 0.05) is 24.5 Å². The monoisotopic (exact) mass is 283 g/mol. The number of hydrogen-bond donors (Lipinski definition) is 2. The summed E-state index contributed by atoms with van der Waals surface area (Å²) in [7, 11) is -2.95. The first-order chi connectivity index (χ1) is 8.75. The first-order valence-electron chi connectivity index (χ1n) is 5.05. The van der Waals surface area contributed by atoms with E-state index in [2.05, 4.69) is 0 Å². The lowest BCUT2D eigenvalue weighted by atomic mass is 10.2. The van der Waals surface area contributed by atoms with Crippen LogP contribution in [0.15, 0.2) is 22.1 Å². The summed E-state index contributed by atoms with van der Waals surface area (Å²) < 4.78 is 25.5. The van der Waals surface area contributed by atoms with Crippen LogP contribution in [0.25, 0.3) is 12.2 Å². The Morgan fingerprint density at radius 2 is 1.63 bits per heavy atom. The van der Waals surface area contributed by atoms with E-state index in [1.54, 1.807) is 13.2 Å². The van der Waals surface area contributed by atoms with Crippen LogP contribution >= 0.6 is 0 Å². The molecule has 0 bridgehead atoms. The number of fused-ring (bicyclic) bond motifs is 1. The van der Waals surface area contributed by atoms with Gasteiger partial charge in [-0.25, -0.2) is 18.0 Å². The summed E-state index contributed by atoms with van der Waals surface area (Å²) in [4.78, 5) is 20.2. The highest BCUT2D eigenvalue weighted by Gasteiger charge is 2.35. The highest BCUT2D eigenvalue weighted by atomic mass is 32.2. The minimum atomic E-state index is -4.54. The number of aryl methyl sites for hydroxylation is 1. The van der Waals surface area contributed by atoms with Gasteiger partial charge >= 0.3 is 11.9 Å². The van der Waals surface area contributed by atoms with E-state index in [1.807, 2.05) is 0 Å². The first kappa shape index (κ1) is 13.1. The molecule has 8 heteroatoms. The van der Waals surface area contributed by atoms with Crippen molar-refractivity contribution in [3.8, 4) is 0 Å². The molecule has 0 saturated heterocycles. The van der Waals surface area contributed by atoms with Crippen LogP contribution in [0.5, 0.6) is 0 Å². The van der Waals surface area contributed by atoms with Gasteiger partial charge in [0.1, 0.15) is 0 Å².